The third-order valence-corrected chi connectivity index (χ3v) is 7.18. The van der Waals surface area contributed by atoms with Crippen molar-refractivity contribution in [3.8, 4) is 5.75 Å². The highest BCUT2D eigenvalue weighted by Crippen LogP contribution is 2.33. The Morgan fingerprint density at radius 3 is 2.48 bits per heavy atom. The number of sulfonamides is 1. The number of hydrogen-bond donors (Lipinski definition) is 1. The minimum atomic E-state index is -4.01. The number of ether oxygens (including phenoxy) is 2. The fraction of sp³-hybridized carbons (Fsp3) is 0.278. The van der Waals surface area contributed by atoms with E-state index in [1.165, 1.54) is 23.5 Å². The van der Waals surface area contributed by atoms with Crippen LogP contribution in [-0.4, -0.2) is 57.0 Å². The van der Waals surface area contributed by atoms with Crippen LogP contribution in [0.1, 0.15) is 10.4 Å². The van der Waals surface area contributed by atoms with Gasteiger partial charge in [-0.05, 0) is 24.3 Å². The molecule has 1 N–H and O–H groups in total. The van der Waals surface area contributed by atoms with Gasteiger partial charge in [-0.3, -0.25) is 14.9 Å². The van der Waals surface area contributed by atoms with Crippen molar-refractivity contribution in [3.63, 3.8) is 0 Å². The number of halogens is 2. The second-order valence-corrected chi connectivity index (χ2v) is 9.09. The van der Waals surface area contributed by atoms with Gasteiger partial charge in [-0.15, -0.1) is 0 Å². The number of rotatable bonds is 6. The Morgan fingerprint density at radius 2 is 1.87 bits per heavy atom. The van der Waals surface area contributed by atoms with Crippen LogP contribution in [0, 0.1) is 10.1 Å². The van der Waals surface area contributed by atoms with E-state index in [0.717, 1.165) is 18.2 Å². The Hall–Kier alpha value is -2.44. The van der Waals surface area contributed by atoms with Gasteiger partial charge in [0.05, 0.1) is 46.9 Å². The van der Waals surface area contributed by atoms with Crippen molar-refractivity contribution in [2.45, 2.75) is 4.90 Å². The molecule has 0 atom stereocenters. The Morgan fingerprint density at radius 1 is 1.19 bits per heavy atom. The maximum absolute atomic E-state index is 13.0. The Kier molecular flexibility index (Phi) is 7.02. The van der Waals surface area contributed by atoms with E-state index in [9.17, 15) is 23.3 Å². The number of carbonyl (C=O) groups excluding carboxylic acids is 1. The predicted octanol–water partition coefficient (Wildman–Crippen LogP) is 3.18. The fourth-order valence-corrected chi connectivity index (χ4v) is 5.15. The lowest BCUT2D eigenvalue weighted by Crippen LogP contribution is -2.40. The summed E-state index contributed by atoms with van der Waals surface area (Å²) in [5.74, 6) is -0.610. The molecule has 1 fully saturated rings. The maximum atomic E-state index is 13.0. The van der Waals surface area contributed by atoms with Crippen molar-refractivity contribution in [1.82, 2.24) is 4.31 Å². The molecule has 31 heavy (non-hydrogen) atoms. The van der Waals surface area contributed by atoms with E-state index in [-0.39, 0.29) is 58.2 Å². The number of nitro benzene ring substituents is 1. The first-order chi connectivity index (χ1) is 14.6. The van der Waals surface area contributed by atoms with Gasteiger partial charge in [-0.1, -0.05) is 23.2 Å². The van der Waals surface area contributed by atoms with Crippen LogP contribution in [0.2, 0.25) is 10.0 Å². The van der Waals surface area contributed by atoms with Gasteiger partial charge in [0.2, 0.25) is 10.0 Å². The number of nitro groups is 1. The van der Waals surface area contributed by atoms with E-state index in [1.54, 1.807) is 0 Å². The van der Waals surface area contributed by atoms with Crippen LogP contribution >= 0.6 is 23.2 Å². The normalized spacial score (nSPS) is 14.8. The molecule has 13 heteroatoms. The number of benzene rings is 2. The summed E-state index contributed by atoms with van der Waals surface area (Å²) in [6.07, 6.45) is 0. The minimum Gasteiger partial charge on any atom is -0.496 e. The molecule has 166 valence electrons. The molecule has 1 heterocycles. The van der Waals surface area contributed by atoms with E-state index >= 15 is 0 Å². The second kappa shape index (κ2) is 9.37. The lowest BCUT2D eigenvalue weighted by Gasteiger charge is -2.26. The van der Waals surface area contributed by atoms with E-state index in [1.807, 2.05) is 0 Å². The summed E-state index contributed by atoms with van der Waals surface area (Å²) in [5, 5.41) is 13.5. The summed E-state index contributed by atoms with van der Waals surface area (Å²) in [5.41, 5.74) is -0.721. The van der Waals surface area contributed by atoms with Crippen LogP contribution < -0.4 is 10.1 Å². The summed E-state index contributed by atoms with van der Waals surface area (Å²) in [4.78, 5) is 23.2. The monoisotopic (exact) mass is 489 g/mol. The van der Waals surface area contributed by atoms with Crippen LogP contribution in [0.4, 0.5) is 11.4 Å². The number of amides is 1. The fourth-order valence-electron chi connectivity index (χ4n) is 2.91. The van der Waals surface area contributed by atoms with Crippen molar-refractivity contribution in [2.24, 2.45) is 0 Å². The molecule has 2 aromatic rings. The molecule has 0 bridgehead atoms. The third-order valence-electron chi connectivity index (χ3n) is 4.50. The Balaban J connectivity index is 1.97. The van der Waals surface area contributed by atoms with E-state index in [4.69, 9.17) is 32.7 Å². The van der Waals surface area contributed by atoms with Gasteiger partial charge in [0.15, 0.2) is 0 Å². The first kappa shape index (κ1) is 23.2. The molecule has 1 saturated heterocycles. The minimum absolute atomic E-state index is 0.111. The zero-order chi connectivity index (χ0) is 22.8. The molecule has 0 aliphatic carbocycles. The van der Waals surface area contributed by atoms with Crippen LogP contribution in [0.25, 0.3) is 0 Å². The molecular formula is C18H17Cl2N3O7S. The number of hydrogen-bond acceptors (Lipinski definition) is 7. The first-order valence-electron chi connectivity index (χ1n) is 8.86. The molecule has 1 aliphatic rings. The predicted molar refractivity (Wildman–Crippen MR) is 114 cm³/mol. The molecular weight excluding hydrogens is 473 g/mol. The van der Waals surface area contributed by atoms with Gasteiger partial charge in [-0.2, -0.15) is 4.31 Å². The molecule has 0 saturated carbocycles. The molecule has 10 nitrogen and oxygen atoms in total. The summed E-state index contributed by atoms with van der Waals surface area (Å²) >= 11 is 12.2. The topological polar surface area (TPSA) is 128 Å². The highest BCUT2D eigenvalue weighted by atomic mass is 35.5. The largest absolute Gasteiger partial charge is 0.496 e. The Labute approximate surface area is 187 Å². The molecule has 1 aliphatic heterocycles. The van der Waals surface area contributed by atoms with Gasteiger partial charge in [0.25, 0.3) is 11.6 Å². The van der Waals surface area contributed by atoms with Crippen molar-refractivity contribution in [2.75, 3.05) is 38.7 Å². The maximum Gasteiger partial charge on any atom is 0.296 e. The van der Waals surface area contributed by atoms with Gasteiger partial charge >= 0.3 is 0 Å². The van der Waals surface area contributed by atoms with Crippen molar-refractivity contribution in [3.05, 3.63) is 56.1 Å². The Bertz CT molecular complexity index is 1140. The zero-order valence-electron chi connectivity index (χ0n) is 16.1. The van der Waals surface area contributed by atoms with Gasteiger partial charge in [0, 0.05) is 13.1 Å². The van der Waals surface area contributed by atoms with Gasteiger partial charge in [0.1, 0.15) is 16.3 Å². The summed E-state index contributed by atoms with van der Waals surface area (Å²) < 4.78 is 37.3. The lowest BCUT2D eigenvalue weighted by atomic mass is 10.2. The highest BCUT2D eigenvalue weighted by molar-refractivity contribution is 7.89. The van der Waals surface area contributed by atoms with Crippen molar-refractivity contribution in [1.29, 1.82) is 0 Å². The van der Waals surface area contributed by atoms with Crippen LogP contribution in [0.5, 0.6) is 5.75 Å². The summed E-state index contributed by atoms with van der Waals surface area (Å²) in [6.45, 7) is 0.750. The first-order valence-corrected chi connectivity index (χ1v) is 11.1. The zero-order valence-corrected chi connectivity index (χ0v) is 18.5. The van der Waals surface area contributed by atoms with Gasteiger partial charge < -0.3 is 14.8 Å². The average molecular weight is 490 g/mol. The molecule has 0 radical (unpaired) electrons. The SMILES string of the molecule is COc1ccc(NC(=O)c2cc(S(=O)(=O)N3CCOCC3)c(Cl)cc2Cl)c([N+](=O)[O-])c1. The molecule has 0 aromatic heterocycles. The van der Waals surface area contributed by atoms with Gasteiger partial charge in [-0.25, -0.2) is 8.42 Å². The highest BCUT2D eigenvalue weighted by Gasteiger charge is 2.30. The number of anilines is 1. The van der Waals surface area contributed by atoms with Crippen molar-refractivity contribution < 1.29 is 27.6 Å². The van der Waals surface area contributed by atoms with Crippen LogP contribution in [0.3, 0.4) is 0 Å². The van der Waals surface area contributed by atoms with E-state index in [0.29, 0.717) is 0 Å². The average Bonchev–Trinajstić information content (AvgIpc) is 2.74. The number of nitrogens with one attached hydrogen (secondary N) is 1. The summed E-state index contributed by atoms with van der Waals surface area (Å²) in [7, 11) is -2.66. The molecule has 3 rings (SSSR count). The standard InChI is InChI=1S/C18H17Cl2N3O7S/c1-29-11-2-3-15(16(8-11)23(25)26)21-18(24)12-9-17(14(20)10-13(12)19)31(27,28)22-4-6-30-7-5-22/h2-3,8-10H,4-7H2,1H3,(H,21,24). The second-order valence-electron chi connectivity index (χ2n) is 6.37. The van der Waals surface area contributed by atoms with E-state index in [2.05, 4.69) is 5.32 Å². The van der Waals surface area contributed by atoms with Crippen LogP contribution in [-0.2, 0) is 14.8 Å². The number of morpholine rings is 1. The van der Waals surface area contributed by atoms with E-state index < -0.39 is 26.5 Å². The quantitative estimate of drug-likeness (QED) is 0.487. The molecule has 0 unspecified atom stereocenters. The molecule has 1 amide bonds. The summed E-state index contributed by atoms with van der Waals surface area (Å²) in [6, 6.07) is 6.08. The number of nitrogens with zero attached hydrogens (tertiary/aromatic N) is 2. The molecule has 2 aromatic carbocycles. The lowest BCUT2D eigenvalue weighted by molar-refractivity contribution is -0.384. The van der Waals surface area contributed by atoms with Crippen LogP contribution in [0.15, 0.2) is 35.2 Å². The van der Waals surface area contributed by atoms with Crippen molar-refractivity contribution >= 4 is 50.5 Å². The number of methoxy groups -OCH3 is 1. The third kappa shape index (κ3) is 4.91. The number of carbonyl (C=O) groups is 1. The molecule has 0 spiro atoms. The smallest absolute Gasteiger partial charge is 0.296 e.